The van der Waals surface area contributed by atoms with Crippen molar-refractivity contribution in [1.82, 2.24) is 0 Å². The van der Waals surface area contributed by atoms with Crippen LogP contribution in [0.5, 0.6) is 5.75 Å². The number of carbonyl (C=O) groups excluding carboxylic acids is 1. The van der Waals surface area contributed by atoms with Gasteiger partial charge in [0.1, 0.15) is 18.9 Å². The van der Waals surface area contributed by atoms with Gasteiger partial charge < -0.3 is 14.9 Å². The Bertz CT molecular complexity index is 877. The largest absolute Gasteiger partial charge is 0.871 e. The SMILES string of the molecule is C/C=C1\C[N+]2(CCC)CCC34C(=C(C=O)[C@H]1C[C@@H]32)Nc1c([O-])cccc14.Cl. The predicted octanol–water partition coefficient (Wildman–Crippen LogP) is 3.28. The van der Waals surface area contributed by atoms with Gasteiger partial charge in [0.15, 0.2) is 0 Å². The van der Waals surface area contributed by atoms with Crippen LogP contribution in [-0.4, -0.2) is 36.4 Å². The van der Waals surface area contributed by atoms with Gasteiger partial charge in [-0.05, 0) is 24.5 Å². The van der Waals surface area contributed by atoms with Crippen molar-refractivity contribution < 1.29 is 14.4 Å². The van der Waals surface area contributed by atoms with Crippen LogP contribution in [0.2, 0.25) is 0 Å². The zero-order valence-electron chi connectivity index (χ0n) is 16.0. The van der Waals surface area contributed by atoms with E-state index in [-0.39, 0.29) is 29.5 Å². The molecule has 27 heavy (non-hydrogen) atoms. The lowest BCUT2D eigenvalue weighted by Crippen LogP contribution is -2.63. The maximum atomic E-state index is 12.5. The van der Waals surface area contributed by atoms with Gasteiger partial charge in [-0.2, -0.15) is 0 Å². The maximum absolute atomic E-state index is 12.5. The molecule has 1 aromatic rings. The molecule has 0 saturated carbocycles. The van der Waals surface area contributed by atoms with Crippen LogP contribution in [0.25, 0.3) is 0 Å². The monoisotopic (exact) mass is 386 g/mol. The molecule has 144 valence electrons. The summed E-state index contributed by atoms with van der Waals surface area (Å²) >= 11 is 0. The Hall–Kier alpha value is -1.78. The highest BCUT2D eigenvalue weighted by molar-refractivity contribution is 5.86. The quantitative estimate of drug-likeness (QED) is 0.492. The van der Waals surface area contributed by atoms with E-state index in [0.29, 0.717) is 11.7 Å². The second kappa shape index (κ2) is 6.11. The van der Waals surface area contributed by atoms with E-state index in [9.17, 15) is 9.90 Å². The minimum Gasteiger partial charge on any atom is -0.871 e. The van der Waals surface area contributed by atoms with Crippen LogP contribution in [0.4, 0.5) is 5.69 Å². The van der Waals surface area contributed by atoms with Gasteiger partial charge in [0.25, 0.3) is 0 Å². The number of benzene rings is 1. The lowest BCUT2D eigenvalue weighted by molar-refractivity contribution is -0.941. The van der Waals surface area contributed by atoms with Crippen LogP contribution >= 0.6 is 12.4 Å². The maximum Gasteiger partial charge on any atom is 0.148 e. The number of para-hydroxylation sites is 1. The Morgan fingerprint density at radius 2 is 2.22 bits per heavy atom. The summed E-state index contributed by atoms with van der Waals surface area (Å²) in [6.07, 6.45) is 6.50. The van der Waals surface area contributed by atoms with Gasteiger partial charge in [-0.15, -0.1) is 12.4 Å². The average molecular weight is 387 g/mol. The molecule has 1 spiro atoms. The van der Waals surface area contributed by atoms with Crippen molar-refractivity contribution in [2.75, 3.05) is 25.0 Å². The van der Waals surface area contributed by atoms with E-state index in [1.165, 1.54) is 12.1 Å². The Balaban J connectivity index is 0.00000180. The van der Waals surface area contributed by atoms with Crippen molar-refractivity contribution in [3.63, 3.8) is 0 Å². The van der Waals surface area contributed by atoms with Gasteiger partial charge in [0.05, 0.1) is 18.5 Å². The molecule has 2 saturated heterocycles. The summed E-state index contributed by atoms with van der Waals surface area (Å²) in [7, 11) is 0. The fraction of sp³-hybridized carbons (Fsp3) is 0.500. The van der Waals surface area contributed by atoms with Crippen molar-refractivity contribution in [3.8, 4) is 5.75 Å². The topological polar surface area (TPSA) is 52.2 Å². The van der Waals surface area contributed by atoms with Crippen molar-refractivity contribution in [3.05, 3.63) is 46.7 Å². The number of carbonyl (C=O) groups is 1. The van der Waals surface area contributed by atoms with Gasteiger partial charge in [-0.25, -0.2) is 0 Å². The van der Waals surface area contributed by atoms with Crippen LogP contribution in [0.15, 0.2) is 41.1 Å². The highest BCUT2D eigenvalue weighted by Crippen LogP contribution is 2.64. The van der Waals surface area contributed by atoms with E-state index in [4.69, 9.17) is 0 Å². The Labute approximate surface area is 166 Å². The molecular weight excluding hydrogens is 360 g/mol. The fourth-order valence-corrected chi connectivity index (χ4v) is 6.72. The minimum absolute atomic E-state index is 0. The summed E-state index contributed by atoms with van der Waals surface area (Å²) in [5, 5.41) is 16.0. The molecule has 1 aromatic carbocycles. The molecule has 3 heterocycles. The highest BCUT2D eigenvalue weighted by atomic mass is 35.5. The standard InChI is InChI=1S/C22H26N2O2.ClH/c1-3-9-24-10-8-22-17-6-5-7-18(26)20(17)23-21(22)16(13-25)15(11-19(22)24)14(4-2)12-24;/h4-7,13,15,19H,3,8-12H2,1-2H3,(H-,23,25,26);1H/b14-4+;/t15-,19-,22?,24?;/m0./s1. The van der Waals surface area contributed by atoms with Crippen LogP contribution in [0.3, 0.4) is 0 Å². The number of hydrogen-bond donors (Lipinski definition) is 1. The molecule has 0 aromatic heterocycles. The van der Waals surface area contributed by atoms with Crippen LogP contribution in [-0.2, 0) is 10.2 Å². The number of rotatable bonds is 3. The fourth-order valence-electron chi connectivity index (χ4n) is 6.72. The predicted molar refractivity (Wildman–Crippen MR) is 107 cm³/mol. The third-order valence-electron chi connectivity index (χ3n) is 7.62. The zero-order chi connectivity index (χ0) is 18.1. The molecule has 0 radical (unpaired) electrons. The first-order valence-electron chi connectivity index (χ1n) is 9.89. The molecule has 4 atom stereocenters. The molecule has 1 aliphatic carbocycles. The first-order valence-corrected chi connectivity index (χ1v) is 9.89. The number of nitrogens with zero attached hydrogens (tertiary/aromatic N) is 1. The second-order valence-electron chi connectivity index (χ2n) is 8.46. The van der Waals surface area contributed by atoms with Gasteiger partial charge in [-0.1, -0.05) is 36.9 Å². The number of quaternary nitrogens is 1. The van der Waals surface area contributed by atoms with Gasteiger partial charge in [0, 0.05) is 35.7 Å². The number of aldehydes is 1. The first kappa shape index (κ1) is 18.6. The van der Waals surface area contributed by atoms with E-state index in [1.54, 1.807) is 6.07 Å². The third kappa shape index (κ3) is 2.06. The van der Waals surface area contributed by atoms with Crippen molar-refractivity contribution >= 4 is 24.4 Å². The molecule has 3 aliphatic heterocycles. The number of halogens is 1. The molecule has 2 fully saturated rings. The van der Waals surface area contributed by atoms with E-state index in [1.807, 2.05) is 6.07 Å². The molecule has 5 heteroatoms. The lowest BCUT2D eigenvalue weighted by Gasteiger charge is -2.53. The molecule has 1 N–H and O–H groups in total. The normalized spacial score (nSPS) is 36.7. The zero-order valence-corrected chi connectivity index (χ0v) is 16.8. The van der Waals surface area contributed by atoms with E-state index in [0.717, 1.165) is 60.0 Å². The van der Waals surface area contributed by atoms with Gasteiger partial charge in [0.2, 0.25) is 0 Å². The molecule has 0 amide bonds. The minimum atomic E-state index is -0.170. The summed E-state index contributed by atoms with van der Waals surface area (Å²) in [6, 6.07) is 6.11. The van der Waals surface area contributed by atoms with Crippen molar-refractivity contribution in [2.45, 2.75) is 44.6 Å². The summed E-state index contributed by atoms with van der Waals surface area (Å²) < 4.78 is 1.12. The number of nitrogens with one attached hydrogen (secondary N) is 1. The summed E-state index contributed by atoms with van der Waals surface area (Å²) in [5.41, 5.74) is 5.02. The Morgan fingerprint density at radius 1 is 1.41 bits per heavy atom. The third-order valence-corrected chi connectivity index (χ3v) is 7.62. The average Bonchev–Trinajstić information content (AvgIpc) is 3.17. The van der Waals surface area contributed by atoms with E-state index >= 15 is 0 Å². The first-order chi connectivity index (χ1) is 12.6. The van der Waals surface area contributed by atoms with Crippen molar-refractivity contribution in [1.29, 1.82) is 0 Å². The summed E-state index contributed by atoms with van der Waals surface area (Å²) in [5.74, 6) is 0.258. The number of piperidine rings is 1. The Kier molecular flexibility index (Phi) is 4.21. The molecule has 2 bridgehead atoms. The van der Waals surface area contributed by atoms with E-state index < -0.39 is 0 Å². The Morgan fingerprint density at radius 3 is 2.93 bits per heavy atom. The molecule has 5 rings (SSSR count). The highest BCUT2D eigenvalue weighted by Gasteiger charge is 2.68. The molecular formula is C22H27ClN2O2. The lowest BCUT2D eigenvalue weighted by atomic mass is 9.61. The molecule has 4 aliphatic rings. The molecule has 4 nitrogen and oxygen atoms in total. The van der Waals surface area contributed by atoms with Gasteiger partial charge in [-0.3, -0.25) is 4.79 Å². The van der Waals surface area contributed by atoms with Gasteiger partial charge >= 0.3 is 0 Å². The smallest absolute Gasteiger partial charge is 0.148 e. The van der Waals surface area contributed by atoms with E-state index in [2.05, 4.69) is 31.3 Å². The number of allylic oxidation sites excluding steroid dienone is 2. The summed E-state index contributed by atoms with van der Waals surface area (Å²) in [4.78, 5) is 12.2. The van der Waals surface area contributed by atoms with Crippen LogP contribution in [0, 0.1) is 5.92 Å². The number of anilines is 1. The molecule has 2 unspecified atom stereocenters. The second-order valence-corrected chi connectivity index (χ2v) is 8.46. The number of hydrogen-bond acceptors (Lipinski definition) is 3. The summed E-state index contributed by atoms with van der Waals surface area (Å²) in [6.45, 7) is 7.73. The van der Waals surface area contributed by atoms with Crippen LogP contribution in [0.1, 0.15) is 38.7 Å². The van der Waals surface area contributed by atoms with Crippen molar-refractivity contribution in [2.24, 2.45) is 5.92 Å². The number of fused-ring (bicyclic) bond motifs is 2. The van der Waals surface area contributed by atoms with Crippen LogP contribution < -0.4 is 10.4 Å².